The van der Waals surface area contributed by atoms with Gasteiger partial charge >= 0.3 is 6.09 Å². The van der Waals surface area contributed by atoms with E-state index in [-0.39, 0.29) is 6.09 Å². The molecule has 0 saturated carbocycles. The van der Waals surface area contributed by atoms with Crippen LogP contribution in [0.3, 0.4) is 0 Å². The molecule has 0 bridgehead atoms. The van der Waals surface area contributed by atoms with Crippen molar-refractivity contribution in [3.8, 4) is 0 Å². The minimum Gasteiger partial charge on any atom is -0.306 e. The highest BCUT2D eigenvalue weighted by Crippen LogP contribution is 2.14. The van der Waals surface area contributed by atoms with Gasteiger partial charge in [-0.3, -0.25) is 4.84 Å². The Bertz CT molecular complexity index is 385. The van der Waals surface area contributed by atoms with Crippen molar-refractivity contribution in [2.24, 2.45) is 0 Å². The molecule has 1 aromatic rings. The van der Waals surface area contributed by atoms with Gasteiger partial charge in [0.2, 0.25) is 0 Å². The summed E-state index contributed by atoms with van der Waals surface area (Å²) in [4.78, 5) is 19.9. The van der Waals surface area contributed by atoms with E-state index >= 15 is 0 Å². The third-order valence-corrected chi connectivity index (χ3v) is 3.47. The van der Waals surface area contributed by atoms with Crippen molar-refractivity contribution in [1.82, 2.24) is 14.8 Å². The van der Waals surface area contributed by atoms with Crippen molar-refractivity contribution in [3.63, 3.8) is 0 Å². The number of carbonyl (C=O) groups is 1. The number of piperidine rings is 1. The molecule has 1 saturated heterocycles. The molecule has 2 heterocycles. The molecule has 88 valence electrons. The van der Waals surface area contributed by atoms with E-state index in [0.717, 1.165) is 36.1 Å². The predicted molar refractivity (Wildman–Crippen MR) is 62.1 cm³/mol. The molecule has 0 atom stereocenters. The molecular formula is C10H14BrN3O2. The lowest BCUT2D eigenvalue weighted by Gasteiger charge is -2.25. The van der Waals surface area contributed by atoms with E-state index in [0.29, 0.717) is 0 Å². The minimum absolute atomic E-state index is 0.321. The second-order valence-corrected chi connectivity index (χ2v) is 4.71. The Morgan fingerprint density at radius 3 is 2.69 bits per heavy atom. The molecule has 0 spiro atoms. The summed E-state index contributed by atoms with van der Waals surface area (Å²) in [7, 11) is 0. The number of halogens is 1. The maximum atomic E-state index is 11.8. The van der Waals surface area contributed by atoms with Gasteiger partial charge in [0, 0.05) is 13.1 Å². The topological polar surface area (TPSA) is 47.4 Å². The van der Waals surface area contributed by atoms with Gasteiger partial charge in [0.25, 0.3) is 0 Å². The quantitative estimate of drug-likeness (QED) is 0.794. The molecule has 6 heteroatoms. The summed E-state index contributed by atoms with van der Waals surface area (Å²) < 4.78 is 0.832. The fraction of sp³-hybridized carbons (Fsp3) is 0.600. The van der Waals surface area contributed by atoms with Crippen LogP contribution in [0.5, 0.6) is 0 Å². The highest BCUT2D eigenvalue weighted by Gasteiger charge is 2.19. The lowest BCUT2D eigenvalue weighted by atomic mass is 10.1. The van der Waals surface area contributed by atoms with Crippen LogP contribution in [0.1, 0.15) is 25.0 Å². The molecule has 1 amide bonds. The molecule has 1 aromatic heterocycles. The zero-order chi connectivity index (χ0) is 11.5. The largest absolute Gasteiger partial charge is 0.435 e. The Labute approximate surface area is 102 Å². The molecule has 0 radical (unpaired) electrons. The van der Waals surface area contributed by atoms with Crippen LogP contribution in [0.25, 0.3) is 0 Å². The maximum Gasteiger partial charge on any atom is 0.435 e. The van der Waals surface area contributed by atoms with Crippen LogP contribution < -0.4 is 4.84 Å². The van der Waals surface area contributed by atoms with Gasteiger partial charge < -0.3 is 4.90 Å². The summed E-state index contributed by atoms with van der Waals surface area (Å²) >= 11 is 3.31. The van der Waals surface area contributed by atoms with Crippen LogP contribution in [0.15, 0.2) is 10.7 Å². The van der Waals surface area contributed by atoms with Crippen LogP contribution >= 0.6 is 15.9 Å². The highest BCUT2D eigenvalue weighted by atomic mass is 79.9. The Balaban J connectivity index is 1.98. The molecule has 0 N–H and O–H groups in total. The number of carbonyl (C=O) groups excluding carboxylic acids is 1. The molecule has 1 fully saturated rings. The summed E-state index contributed by atoms with van der Waals surface area (Å²) in [6.07, 6.45) is 4.58. The van der Waals surface area contributed by atoms with E-state index in [4.69, 9.17) is 4.84 Å². The van der Waals surface area contributed by atoms with Crippen molar-refractivity contribution < 1.29 is 9.63 Å². The van der Waals surface area contributed by atoms with E-state index in [1.807, 2.05) is 6.92 Å². The van der Waals surface area contributed by atoms with Gasteiger partial charge in [-0.15, -0.1) is 5.10 Å². The Kier molecular flexibility index (Phi) is 3.48. The number of aromatic nitrogens is 2. The van der Waals surface area contributed by atoms with Crippen LogP contribution in [0, 0.1) is 6.92 Å². The van der Waals surface area contributed by atoms with E-state index < -0.39 is 0 Å². The zero-order valence-corrected chi connectivity index (χ0v) is 10.7. The van der Waals surface area contributed by atoms with E-state index in [1.54, 1.807) is 11.1 Å². The molecule has 0 aromatic carbocycles. The Morgan fingerprint density at radius 2 is 2.12 bits per heavy atom. The van der Waals surface area contributed by atoms with Gasteiger partial charge in [0.05, 0.1) is 16.4 Å². The molecule has 0 unspecified atom stereocenters. The van der Waals surface area contributed by atoms with Crippen molar-refractivity contribution in [1.29, 1.82) is 0 Å². The summed E-state index contributed by atoms with van der Waals surface area (Å²) in [6.45, 7) is 3.39. The van der Waals surface area contributed by atoms with Gasteiger partial charge in [0.15, 0.2) is 0 Å². The van der Waals surface area contributed by atoms with Gasteiger partial charge in [0.1, 0.15) is 0 Å². The Hall–Kier alpha value is -1.04. The minimum atomic E-state index is -0.321. The molecule has 1 aliphatic heterocycles. The average molecular weight is 288 g/mol. The second-order valence-electron chi connectivity index (χ2n) is 3.86. The number of hydrogen-bond acceptors (Lipinski definition) is 3. The number of rotatable bonds is 1. The van der Waals surface area contributed by atoms with Gasteiger partial charge in [-0.05, 0) is 42.1 Å². The van der Waals surface area contributed by atoms with Crippen molar-refractivity contribution in [2.45, 2.75) is 26.2 Å². The van der Waals surface area contributed by atoms with Crippen LogP contribution in [0.2, 0.25) is 0 Å². The third kappa shape index (κ3) is 2.37. The fourth-order valence-corrected chi connectivity index (χ4v) is 1.92. The predicted octanol–water partition coefficient (Wildman–Crippen LogP) is 1.99. The molecule has 16 heavy (non-hydrogen) atoms. The van der Waals surface area contributed by atoms with Crippen molar-refractivity contribution in [2.75, 3.05) is 13.1 Å². The lowest BCUT2D eigenvalue weighted by molar-refractivity contribution is 0.0707. The zero-order valence-electron chi connectivity index (χ0n) is 9.15. The molecular weight excluding hydrogens is 274 g/mol. The van der Waals surface area contributed by atoms with Gasteiger partial charge in [-0.25, -0.2) is 4.79 Å². The Morgan fingerprint density at radius 1 is 1.44 bits per heavy atom. The van der Waals surface area contributed by atoms with Crippen LogP contribution in [-0.4, -0.2) is 34.0 Å². The van der Waals surface area contributed by atoms with Gasteiger partial charge in [-0.2, -0.15) is 0 Å². The smallest absolute Gasteiger partial charge is 0.306 e. The van der Waals surface area contributed by atoms with E-state index in [2.05, 4.69) is 21.0 Å². The maximum absolute atomic E-state index is 11.8. The van der Waals surface area contributed by atoms with Crippen molar-refractivity contribution in [3.05, 3.63) is 16.4 Å². The molecule has 1 aliphatic rings. The first-order valence-electron chi connectivity index (χ1n) is 5.36. The summed E-state index contributed by atoms with van der Waals surface area (Å²) in [5.41, 5.74) is 0.783. The SMILES string of the molecule is Cc1c(Br)cnn1OC(=O)N1CCCCC1. The third-order valence-electron chi connectivity index (χ3n) is 2.69. The number of nitrogens with zero attached hydrogens (tertiary/aromatic N) is 3. The van der Waals surface area contributed by atoms with Crippen LogP contribution in [0.4, 0.5) is 4.79 Å². The van der Waals surface area contributed by atoms with Crippen molar-refractivity contribution >= 4 is 22.0 Å². The number of hydrogen-bond donors (Lipinski definition) is 0. The molecule has 5 nitrogen and oxygen atoms in total. The monoisotopic (exact) mass is 287 g/mol. The number of amides is 1. The van der Waals surface area contributed by atoms with E-state index in [9.17, 15) is 4.79 Å². The highest BCUT2D eigenvalue weighted by molar-refractivity contribution is 9.10. The first-order valence-corrected chi connectivity index (χ1v) is 6.15. The van der Waals surface area contributed by atoms with Gasteiger partial charge in [-0.1, -0.05) is 4.85 Å². The normalized spacial score (nSPS) is 16.2. The number of likely N-dealkylation sites (tertiary alicyclic amines) is 1. The van der Waals surface area contributed by atoms with Crippen LogP contribution in [-0.2, 0) is 0 Å². The fourth-order valence-electron chi connectivity index (χ4n) is 1.67. The average Bonchev–Trinajstić information content (AvgIpc) is 2.62. The second kappa shape index (κ2) is 4.86. The van der Waals surface area contributed by atoms with E-state index in [1.165, 1.54) is 11.3 Å². The molecule has 0 aliphatic carbocycles. The first kappa shape index (κ1) is 11.4. The standard InChI is InChI=1S/C10H14BrN3O2/c1-8-9(11)7-12-14(8)16-10(15)13-5-3-2-4-6-13/h7H,2-6H2,1H3. The molecule has 2 rings (SSSR count). The summed E-state index contributed by atoms with van der Waals surface area (Å²) in [6, 6.07) is 0. The summed E-state index contributed by atoms with van der Waals surface area (Å²) in [5, 5.41) is 3.95. The lowest BCUT2D eigenvalue weighted by Crippen LogP contribution is -2.40. The first-order chi connectivity index (χ1) is 7.68. The summed E-state index contributed by atoms with van der Waals surface area (Å²) in [5.74, 6) is 0.